The second kappa shape index (κ2) is 6.56. The van der Waals surface area contributed by atoms with Crippen molar-refractivity contribution in [1.29, 1.82) is 0 Å². The van der Waals surface area contributed by atoms with E-state index in [0.29, 0.717) is 11.6 Å². The van der Waals surface area contributed by atoms with Crippen molar-refractivity contribution >= 4 is 33.1 Å². The van der Waals surface area contributed by atoms with E-state index < -0.39 is 0 Å². The molecular formula is C22H19N3O2S. The molecule has 140 valence electrons. The highest BCUT2D eigenvalue weighted by atomic mass is 32.1. The SMILES string of the molecule is Cc1nc(-c2ccco2)nc2sc(C(=O)N3CCCc4ccccc43)c(C)c12. The lowest BCUT2D eigenvalue weighted by molar-refractivity contribution is 0.0988. The molecule has 1 amide bonds. The van der Waals surface area contributed by atoms with Crippen molar-refractivity contribution in [3.63, 3.8) is 0 Å². The first-order chi connectivity index (χ1) is 13.6. The third-order valence-electron chi connectivity index (χ3n) is 5.26. The van der Waals surface area contributed by atoms with Gasteiger partial charge in [0.2, 0.25) is 0 Å². The van der Waals surface area contributed by atoms with Gasteiger partial charge >= 0.3 is 0 Å². The molecule has 3 aromatic heterocycles. The largest absolute Gasteiger partial charge is 0.461 e. The average molecular weight is 389 g/mol. The normalized spacial score (nSPS) is 13.7. The third kappa shape index (κ3) is 2.64. The first-order valence-electron chi connectivity index (χ1n) is 9.35. The van der Waals surface area contributed by atoms with E-state index in [2.05, 4.69) is 16.0 Å². The summed E-state index contributed by atoms with van der Waals surface area (Å²) < 4.78 is 5.45. The minimum absolute atomic E-state index is 0.0478. The molecule has 0 spiro atoms. The summed E-state index contributed by atoms with van der Waals surface area (Å²) in [5, 5.41) is 0.967. The van der Waals surface area contributed by atoms with E-state index in [0.717, 1.165) is 51.4 Å². The number of para-hydroxylation sites is 1. The zero-order valence-electron chi connectivity index (χ0n) is 15.7. The molecule has 0 saturated heterocycles. The number of hydrogen-bond donors (Lipinski definition) is 0. The number of carbonyl (C=O) groups is 1. The Bertz CT molecular complexity index is 1190. The number of nitrogens with zero attached hydrogens (tertiary/aromatic N) is 3. The predicted molar refractivity (Wildman–Crippen MR) is 111 cm³/mol. The maximum absolute atomic E-state index is 13.4. The van der Waals surface area contributed by atoms with Crippen molar-refractivity contribution < 1.29 is 9.21 Å². The lowest BCUT2D eigenvalue weighted by atomic mass is 10.0. The fourth-order valence-corrected chi connectivity index (χ4v) is 5.11. The average Bonchev–Trinajstić information content (AvgIpc) is 3.35. The molecule has 0 radical (unpaired) electrons. The Kier molecular flexibility index (Phi) is 4.02. The molecule has 1 aliphatic rings. The van der Waals surface area contributed by atoms with Crippen LogP contribution in [0.5, 0.6) is 0 Å². The van der Waals surface area contributed by atoms with Gasteiger partial charge in [-0.3, -0.25) is 4.79 Å². The minimum atomic E-state index is 0.0478. The van der Waals surface area contributed by atoms with Gasteiger partial charge in [-0.1, -0.05) is 18.2 Å². The number of hydrogen-bond acceptors (Lipinski definition) is 5. The monoisotopic (exact) mass is 389 g/mol. The summed E-state index contributed by atoms with van der Waals surface area (Å²) in [7, 11) is 0. The lowest BCUT2D eigenvalue weighted by Crippen LogP contribution is -2.35. The van der Waals surface area contributed by atoms with E-state index in [-0.39, 0.29) is 5.91 Å². The maximum atomic E-state index is 13.4. The molecule has 6 heteroatoms. The molecule has 0 unspecified atom stereocenters. The van der Waals surface area contributed by atoms with Gasteiger partial charge in [0, 0.05) is 17.6 Å². The number of rotatable bonds is 2. The van der Waals surface area contributed by atoms with Crippen LogP contribution in [0.25, 0.3) is 21.8 Å². The van der Waals surface area contributed by atoms with Gasteiger partial charge < -0.3 is 9.32 Å². The minimum Gasteiger partial charge on any atom is -0.461 e. The second-order valence-corrected chi connectivity index (χ2v) is 8.03. The van der Waals surface area contributed by atoms with Crippen LogP contribution in [0.3, 0.4) is 0 Å². The molecule has 0 bridgehead atoms. The maximum Gasteiger partial charge on any atom is 0.268 e. The molecule has 4 aromatic rings. The van der Waals surface area contributed by atoms with Crippen LogP contribution in [0.15, 0.2) is 47.1 Å². The molecule has 0 saturated carbocycles. The van der Waals surface area contributed by atoms with E-state index in [1.165, 1.54) is 16.9 Å². The zero-order chi connectivity index (χ0) is 19.3. The van der Waals surface area contributed by atoms with Crippen molar-refractivity contribution in [1.82, 2.24) is 9.97 Å². The molecule has 5 nitrogen and oxygen atoms in total. The number of benzene rings is 1. The number of aryl methyl sites for hydroxylation is 3. The smallest absolute Gasteiger partial charge is 0.268 e. The molecule has 0 aliphatic carbocycles. The van der Waals surface area contributed by atoms with Gasteiger partial charge in [0.1, 0.15) is 4.83 Å². The van der Waals surface area contributed by atoms with Crippen molar-refractivity contribution in [3.05, 3.63) is 64.4 Å². The molecular weight excluding hydrogens is 370 g/mol. The fraction of sp³-hybridized carbons (Fsp3) is 0.227. The van der Waals surface area contributed by atoms with E-state index in [9.17, 15) is 4.79 Å². The number of aromatic nitrogens is 2. The topological polar surface area (TPSA) is 59.2 Å². The third-order valence-corrected chi connectivity index (χ3v) is 6.44. The summed E-state index contributed by atoms with van der Waals surface area (Å²) in [5.74, 6) is 1.24. The van der Waals surface area contributed by atoms with Gasteiger partial charge in [0.25, 0.3) is 5.91 Å². The van der Waals surface area contributed by atoms with Crippen LogP contribution < -0.4 is 4.90 Å². The summed E-state index contributed by atoms with van der Waals surface area (Å²) in [5.41, 5.74) is 4.08. The van der Waals surface area contributed by atoms with Crippen molar-refractivity contribution in [2.75, 3.05) is 11.4 Å². The highest BCUT2D eigenvalue weighted by Gasteiger charge is 2.27. The van der Waals surface area contributed by atoms with Crippen molar-refractivity contribution in [2.45, 2.75) is 26.7 Å². The Morgan fingerprint density at radius 3 is 2.82 bits per heavy atom. The zero-order valence-corrected chi connectivity index (χ0v) is 16.5. The number of carbonyl (C=O) groups excluding carboxylic acids is 1. The van der Waals surface area contributed by atoms with Gasteiger partial charge in [-0.2, -0.15) is 0 Å². The Morgan fingerprint density at radius 2 is 2.00 bits per heavy atom. The summed E-state index contributed by atoms with van der Waals surface area (Å²) in [6.07, 6.45) is 3.61. The quantitative estimate of drug-likeness (QED) is 0.475. The summed E-state index contributed by atoms with van der Waals surface area (Å²) in [6.45, 7) is 4.69. The summed E-state index contributed by atoms with van der Waals surface area (Å²) >= 11 is 1.44. The van der Waals surface area contributed by atoms with Gasteiger partial charge in [-0.05, 0) is 56.0 Å². The Morgan fingerprint density at radius 1 is 1.14 bits per heavy atom. The second-order valence-electron chi connectivity index (χ2n) is 7.04. The Labute approximate surface area is 166 Å². The highest BCUT2D eigenvalue weighted by Crippen LogP contribution is 2.36. The number of amides is 1. The molecule has 0 atom stereocenters. The van der Waals surface area contributed by atoms with E-state index >= 15 is 0 Å². The van der Waals surface area contributed by atoms with E-state index in [1.54, 1.807) is 6.26 Å². The molecule has 0 N–H and O–H groups in total. The summed E-state index contributed by atoms with van der Waals surface area (Å²) in [4.78, 5) is 26.2. The molecule has 1 aliphatic heterocycles. The van der Waals surface area contributed by atoms with E-state index in [4.69, 9.17) is 4.42 Å². The van der Waals surface area contributed by atoms with Crippen LogP contribution >= 0.6 is 11.3 Å². The van der Waals surface area contributed by atoms with Crippen LogP contribution in [-0.4, -0.2) is 22.4 Å². The standard InChI is InChI=1S/C22H19N3O2S/c1-13-18-14(2)23-20(17-10-6-12-27-17)24-21(18)28-19(13)22(26)25-11-5-8-15-7-3-4-9-16(15)25/h3-4,6-7,9-10,12H,5,8,11H2,1-2H3. The van der Waals surface area contributed by atoms with Crippen molar-refractivity contribution in [2.24, 2.45) is 0 Å². The number of fused-ring (bicyclic) bond motifs is 2. The highest BCUT2D eigenvalue weighted by molar-refractivity contribution is 7.20. The number of thiophene rings is 1. The first-order valence-corrected chi connectivity index (χ1v) is 10.2. The van der Waals surface area contributed by atoms with Gasteiger partial charge in [-0.25, -0.2) is 9.97 Å². The lowest BCUT2D eigenvalue weighted by Gasteiger charge is -2.29. The molecule has 5 rings (SSSR count). The predicted octanol–water partition coefficient (Wildman–Crippen LogP) is 5.16. The molecule has 4 heterocycles. The number of furan rings is 1. The Hall–Kier alpha value is -2.99. The van der Waals surface area contributed by atoms with Gasteiger partial charge in [0.15, 0.2) is 11.6 Å². The van der Waals surface area contributed by atoms with Gasteiger partial charge in [0.05, 0.1) is 16.8 Å². The van der Waals surface area contributed by atoms with Crippen molar-refractivity contribution in [3.8, 4) is 11.6 Å². The van der Waals surface area contributed by atoms with Gasteiger partial charge in [-0.15, -0.1) is 11.3 Å². The van der Waals surface area contributed by atoms with Crippen LogP contribution in [0.1, 0.15) is 32.9 Å². The summed E-state index contributed by atoms with van der Waals surface area (Å²) in [6, 6.07) is 11.8. The van der Waals surface area contributed by atoms with Crippen LogP contribution in [-0.2, 0) is 6.42 Å². The van der Waals surface area contributed by atoms with Crippen LogP contribution in [0, 0.1) is 13.8 Å². The first kappa shape index (κ1) is 17.1. The Balaban J connectivity index is 1.61. The number of anilines is 1. The molecule has 0 fully saturated rings. The molecule has 28 heavy (non-hydrogen) atoms. The molecule has 1 aromatic carbocycles. The fourth-order valence-electron chi connectivity index (χ4n) is 3.93. The van der Waals surface area contributed by atoms with Crippen LogP contribution in [0.2, 0.25) is 0 Å². The van der Waals surface area contributed by atoms with Crippen LogP contribution in [0.4, 0.5) is 5.69 Å². The van der Waals surface area contributed by atoms with E-state index in [1.807, 2.05) is 49.1 Å².